The summed E-state index contributed by atoms with van der Waals surface area (Å²) in [5, 5.41) is 5.74. The van der Waals surface area contributed by atoms with Crippen molar-refractivity contribution < 1.29 is 0 Å². The van der Waals surface area contributed by atoms with Gasteiger partial charge in [-0.15, -0.1) is 0 Å². The van der Waals surface area contributed by atoms with Crippen LogP contribution in [0.4, 0.5) is 0 Å². The molecule has 0 bridgehead atoms. The van der Waals surface area contributed by atoms with Crippen LogP contribution in [-0.2, 0) is 19.4 Å². The Morgan fingerprint density at radius 1 is 0.667 bits per heavy atom. The molecular formula is C34H32N2. The molecule has 7 rings (SSSR count). The second kappa shape index (κ2) is 12.1. The Labute approximate surface area is 213 Å². The van der Waals surface area contributed by atoms with Gasteiger partial charge in [-0.25, -0.2) is 4.99 Å². The van der Waals surface area contributed by atoms with Crippen LogP contribution >= 0.6 is 0 Å². The number of allylic oxidation sites excluding steroid dienone is 6. The van der Waals surface area contributed by atoms with Crippen molar-refractivity contribution >= 4 is 24.7 Å². The first-order valence-electron chi connectivity index (χ1n) is 12.9. The molecule has 3 aromatic rings. The summed E-state index contributed by atoms with van der Waals surface area (Å²) < 4.78 is 0. The first-order valence-corrected chi connectivity index (χ1v) is 12.9. The van der Waals surface area contributed by atoms with E-state index in [0.29, 0.717) is 0 Å². The van der Waals surface area contributed by atoms with Gasteiger partial charge in [0.2, 0.25) is 0 Å². The summed E-state index contributed by atoms with van der Waals surface area (Å²) in [4.78, 5) is 8.08. The highest BCUT2D eigenvalue weighted by Crippen LogP contribution is 2.17. The maximum absolute atomic E-state index is 4.09. The lowest BCUT2D eigenvalue weighted by molar-refractivity contribution is 0.824. The highest BCUT2D eigenvalue weighted by molar-refractivity contribution is 5.88. The molecule has 178 valence electrons. The van der Waals surface area contributed by atoms with Gasteiger partial charge in [0.1, 0.15) is 6.34 Å². The molecule has 0 saturated carbocycles. The fourth-order valence-electron chi connectivity index (χ4n) is 4.98. The van der Waals surface area contributed by atoms with Gasteiger partial charge in [0.05, 0.1) is 6.54 Å². The number of nitrogens with zero attached hydrogens (tertiary/aromatic N) is 2. The third-order valence-electron chi connectivity index (χ3n) is 6.80. The van der Waals surface area contributed by atoms with Crippen molar-refractivity contribution in [2.24, 2.45) is 9.98 Å². The minimum atomic E-state index is 0.746. The molecule has 0 aromatic heterocycles. The molecule has 0 fully saturated rings. The third kappa shape index (κ3) is 5.78. The Hall–Kier alpha value is -4.04. The highest BCUT2D eigenvalue weighted by Gasteiger charge is 2.10. The molecule has 0 saturated heterocycles. The number of benzene rings is 3. The summed E-state index contributed by atoms with van der Waals surface area (Å²) in [5.74, 6) is 0. The Kier molecular flexibility index (Phi) is 7.95. The zero-order chi connectivity index (χ0) is 24.4. The van der Waals surface area contributed by atoms with E-state index in [9.17, 15) is 0 Å². The lowest BCUT2D eigenvalue weighted by Gasteiger charge is -2.16. The van der Waals surface area contributed by atoms with Crippen LogP contribution in [-0.4, -0.2) is 12.6 Å². The van der Waals surface area contributed by atoms with E-state index in [1.165, 1.54) is 51.3 Å². The second-order valence-electron chi connectivity index (χ2n) is 9.16. The molecule has 4 aliphatic rings. The lowest BCUT2D eigenvalue weighted by atomic mass is 9.89. The lowest BCUT2D eigenvalue weighted by Crippen LogP contribution is -2.19. The maximum atomic E-state index is 4.09. The van der Waals surface area contributed by atoms with Crippen molar-refractivity contribution in [2.75, 3.05) is 0 Å². The molecule has 3 aliphatic carbocycles. The number of fused-ring (bicyclic) bond motifs is 5. The van der Waals surface area contributed by atoms with E-state index in [0.717, 1.165) is 19.4 Å². The Bertz CT molecular complexity index is 1570. The highest BCUT2D eigenvalue weighted by atomic mass is 14.9. The first-order chi connectivity index (χ1) is 17.9. The first kappa shape index (κ1) is 23.7. The zero-order valence-electron chi connectivity index (χ0n) is 20.7. The van der Waals surface area contributed by atoms with E-state index in [1.807, 2.05) is 36.6 Å². The molecule has 36 heavy (non-hydrogen) atoms. The molecule has 1 heterocycles. The Morgan fingerprint density at radius 3 is 2.42 bits per heavy atom. The summed E-state index contributed by atoms with van der Waals surface area (Å²) in [5.41, 5.74) is 5.58. The van der Waals surface area contributed by atoms with Crippen LogP contribution < -0.4 is 10.4 Å². The van der Waals surface area contributed by atoms with Gasteiger partial charge in [-0.3, -0.25) is 4.99 Å². The monoisotopic (exact) mass is 468 g/mol. The SMILES string of the molecule is C1=CC=CCC=C1.C1=NC=NCc2ccccc21.C1=c2ccc3c(c2CCC1)CC=c1ccccc1=3. The number of rotatable bonds is 0. The molecule has 0 atom stereocenters. The molecule has 0 spiro atoms. The van der Waals surface area contributed by atoms with Crippen molar-refractivity contribution in [3.63, 3.8) is 0 Å². The maximum Gasteiger partial charge on any atom is 0.110 e. The van der Waals surface area contributed by atoms with E-state index in [4.69, 9.17) is 0 Å². The van der Waals surface area contributed by atoms with Gasteiger partial charge in [0, 0.05) is 6.21 Å². The standard InChI is InChI=1S/C18H16.C9H8N2.C7H8/c1-3-7-15-13(5-1)9-11-18-16-8-4-2-6-14(16)10-12-17(15)18;1-2-4-9-6-11-7-10-5-8(9)3-1;1-2-4-6-7-5-3-1/h1,3,5-7,9-10,12H,2,4,8,11H2;1-5,7H,6H2;1-6H,7H2. The fraction of sp³-hybridized carbons (Fsp3) is 0.176. The van der Waals surface area contributed by atoms with Crippen molar-refractivity contribution in [1.29, 1.82) is 0 Å². The predicted octanol–water partition coefficient (Wildman–Crippen LogP) is 6.13. The Morgan fingerprint density at radius 2 is 1.50 bits per heavy atom. The van der Waals surface area contributed by atoms with Crippen molar-refractivity contribution in [3.05, 3.63) is 140 Å². The topological polar surface area (TPSA) is 24.7 Å². The molecule has 0 N–H and O–H groups in total. The van der Waals surface area contributed by atoms with E-state index >= 15 is 0 Å². The average molecular weight is 469 g/mol. The Balaban J connectivity index is 0.000000126. The molecule has 2 heteroatoms. The van der Waals surface area contributed by atoms with Gasteiger partial charge >= 0.3 is 0 Å². The van der Waals surface area contributed by atoms with Crippen molar-refractivity contribution in [2.45, 2.75) is 38.6 Å². The zero-order valence-corrected chi connectivity index (χ0v) is 20.7. The summed E-state index contributed by atoms with van der Waals surface area (Å²) >= 11 is 0. The molecule has 0 unspecified atom stereocenters. The molecule has 0 amide bonds. The molecule has 3 aromatic carbocycles. The third-order valence-corrected chi connectivity index (χ3v) is 6.80. The molecule has 0 radical (unpaired) electrons. The number of hydrogen-bond donors (Lipinski definition) is 0. The normalized spacial score (nSPS) is 15.6. The van der Waals surface area contributed by atoms with Gasteiger partial charge < -0.3 is 0 Å². The van der Waals surface area contributed by atoms with Crippen molar-refractivity contribution in [3.8, 4) is 0 Å². The molecular weight excluding hydrogens is 436 g/mol. The van der Waals surface area contributed by atoms with Crippen LogP contribution in [0.25, 0.3) is 12.2 Å². The average Bonchev–Trinajstić information content (AvgIpc) is 3.39. The predicted molar refractivity (Wildman–Crippen MR) is 154 cm³/mol. The van der Waals surface area contributed by atoms with E-state index in [-0.39, 0.29) is 0 Å². The number of aliphatic imine (C=N–C) groups is 2. The van der Waals surface area contributed by atoms with Crippen LogP contribution in [0, 0.1) is 10.4 Å². The summed E-state index contributed by atoms with van der Waals surface area (Å²) in [6.45, 7) is 0.746. The van der Waals surface area contributed by atoms with Crippen LogP contribution in [0.15, 0.2) is 107 Å². The van der Waals surface area contributed by atoms with E-state index in [1.54, 1.807) is 17.5 Å². The fourth-order valence-corrected chi connectivity index (χ4v) is 4.98. The van der Waals surface area contributed by atoms with Crippen molar-refractivity contribution in [1.82, 2.24) is 0 Å². The van der Waals surface area contributed by atoms with Gasteiger partial charge in [-0.05, 0) is 75.2 Å². The summed E-state index contributed by atoms with van der Waals surface area (Å²) in [6.07, 6.45) is 26.6. The smallest absolute Gasteiger partial charge is 0.110 e. The van der Waals surface area contributed by atoms with Gasteiger partial charge in [-0.1, -0.05) is 109 Å². The minimum Gasteiger partial charge on any atom is -0.269 e. The van der Waals surface area contributed by atoms with Crippen LogP contribution in [0.3, 0.4) is 0 Å². The van der Waals surface area contributed by atoms with Gasteiger partial charge in [0.15, 0.2) is 0 Å². The van der Waals surface area contributed by atoms with Gasteiger partial charge in [-0.2, -0.15) is 0 Å². The summed E-state index contributed by atoms with van der Waals surface area (Å²) in [6, 6.07) is 21.5. The molecule has 1 aliphatic heterocycles. The molecule has 2 nitrogen and oxygen atoms in total. The summed E-state index contributed by atoms with van der Waals surface area (Å²) in [7, 11) is 0. The quantitative estimate of drug-likeness (QED) is 0.379. The van der Waals surface area contributed by atoms with Crippen LogP contribution in [0.5, 0.6) is 0 Å². The second-order valence-corrected chi connectivity index (χ2v) is 9.16. The van der Waals surface area contributed by atoms with E-state index in [2.05, 4.69) is 88.9 Å². The number of hydrogen-bond acceptors (Lipinski definition) is 2. The van der Waals surface area contributed by atoms with Crippen LogP contribution in [0.2, 0.25) is 0 Å². The largest absolute Gasteiger partial charge is 0.269 e. The van der Waals surface area contributed by atoms with E-state index < -0.39 is 0 Å². The minimum absolute atomic E-state index is 0.746. The van der Waals surface area contributed by atoms with Gasteiger partial charge in [0.25, 0.3) is 0 Å². The van der Waals surface area contributed by atoms with Crippen LogP contribution in [0.1, 0.15) is 41.5 Å².